The number of fused-ring (bicyclic) bond motifs is 1. The fourth-order valence-corrected chi connectivity index (χ4v) is 3.79. The zero-order valence-corrected chi connectivity index (χ0v) is 15.2. The molecule has 1 aliphatic carbocycles. The fraction of sp³-hybridized carbons (Fsp3) is 0.217. The summed E-state index contributed by atoms with van der Waals surface area (Å²) in [6.45, 7) is 2.03. The van der Waals surface area contributed by atoms with Gasteiger partial charge in [-0.25, -0.2) is 4.79 Å². The van der Waals surface area contributed by atoms with Crippen molar-refractivity contribution in [1.82, 2.24) is 4.98 Å². The predicted octanol–water partition coefficient (Wildman–Crippen LogP) is 4.59. The van der Waals surface area contributed by atoms with Gasteiger partial charge in [0.25, 0.3) is 0 Å². The number of ether oxygens (including phenoxy) is 1. The number of carbonyl (C=O) groups excluding carboxylic acids is 2. The van der Waals surface area contributed by atoms with Crippen LogP contribution in [-0.2, 0) is 17.8 Å². The topological polar surface area (TPSA) is 59.2 Å². The molecule has 2 aromatic carbocycles. The molecule has 0 saturated heterocycles. The first-order valence-corrected chi connectivity index (χ1v) is 9.14. The standard InChI is InChI=1S/C23H21NO3/c1-15-21-19(12-18(13-20(21)25)17-10-6-3-7-11-17)24-22(15)23(26)27-14-16-8-4-2-5-9-16/h2-11,18,24H,12-14H2,1H3. The number of benzene rings is 2. The smallest absolute Gasteiger partial charge is 0.355 e. The van der Waals surface area contributed by atoms with Gasteiger partial charge in [-0.05, 0) is 36.0 Å². The molecule has 1 heterocycles. The number of hydrogen-bond acceptors (Lipinski definition) is 3. The van der Waals surface area contributed by atoms with Gasteiger partial charge >= 0.3 is 5.97 Å². The van der Waals surface area contributed by atoms with Crippen LogP contribution in [0.5, 0.6) is 0 Å². The van der Waals surface area contributed by atoms with Crippen molar-refractivity contribution >= 4 is 11.8 Å². The lowest BCUT2D eigenvalue weighted by Gasteiger charge is -2.22. The number of aromatic nitrogens is 1. The Morgan fingerprint density at radius 1 is 1.04 bits per heavy atom. The first-order chi connectivity index (χ1) is 13.1. The van der Waals surface area contributed by atoms with Crippen LogP contribution in [-0.4, -0.2) is 16.7 Å². The Labute approximate surface area is 158 Å². The Morgan fingerprint density at radius 3 is 2.41 bits per heavy atom. The van der Waals surface area contributed by atoms with Crippen molar-refractivity contribution < 1.29 is 14.3 Å². The van der Waals surface area contributed by atoms with Gasteiger partial charge in [0.1, 0.15) is 12.3 Å². The SMILES string of the molecule is Cc1c(C(=O)OCc2ccccc2)[nH]c2c1C(=O)CC(c1ccccc1)C2. The first-order valence-electron chi connectivity index (χ1n) is 9.14. The summed E-state index contributed by atoms with van der Waals surface area (Å²) in [5.41, 5.74) is 4.66. The molecule has 1 unspecified atom stereocenters. The minimum absolute atomic E-state index is 0.0842. The Hall–Kier alpha value is -3.14. The summed E-state index contributed by atoms with van der Waals surface area (Å²) in [4.78, 5) is 28.5. The van der Waals surface area contributed by atoms with E-state index in [2.05, 4.69) is 4.98 Å². The van der Waals surface area contributed by atoms with E-state index >= 15 is 0 Å². The lowest BCUT2D eigenvalue weighted by Crippen LogP contribution is -2.18. The van der Waals surface area contributed by atoms with Crippen molar-refractivity contribution in [3.05, 3.63) is 94.3 Å². The van der Waals surface area contributed by atoms with E-state index in [9.17, 15) is 9.59 Å². The molecule has 4 rings (SSSR count). The molecule has 1 atom stereocenters. The van der Waals surface area contributed by atoms with Crippen molar-refractivity contribution in [3.63, 3.8) is 0 Å². The number of H-pyrrole nitrogens is 1. The summed E-state index contributed by atoms with van der Waals surface area (Å²) < 4.78 is 5.44. The third-order valence-electron chi connectivity index (χ3n) is 5.18. The highest BCUT2D eigenvalue weighted by Gasteiger charge is 2.32. The molecule has 4 heteroatoms. The van der Waals surface area contributed by atoms with Crippen LogP contribution in [0.3, 0.4) is 0 Å². The van der Waals surface area contributed by atoms with E-state index in [1.807, 2.05) is 67.6 Å². The van der Waals surface area contributed by atoms with Crippen molar-refractivity contribution in [2.45, 2.75) is 32.3 Å². The third kappa shape index (κ3) is 3.43. The van der Waals surface area contributed by atoms with Crippen LogP contribution in [0.2, 0.25) is 0 Å². The quantitative estimate of drug-likeness (QED) is 0.693. The van der Waals surface area contributed by atoms with Gasteiger partial charge in [-0.2, -0.15) is 0 Å². The molecule has 0 aliphatic heterocycles. The van der Waals surface area contributed by atoms with E-state index in [1.165, 1.54) is 0 Å². The third-order valence-corrected chi connectivity index (χ3v) is 5.18. The number of rotatable bonds is 4. The van der Waals surface area contributed by atoms with E-state index in [1.54, 1.807) is 0 Å². The van der Waals surface area contributed by atoms with E-state index in [0.717, 1.165) is 23.2 Å². The Balaban J connectivity index is 1.55. The number of aromatic amines is 1. The number of nitrogens with one attached hydrogen (secondary N) is 1. The van der Waals surface area contributed by atoms with Crippen molar-refractivity contribution in [1.29, 1.82) is 0 Å². The maximum Gasteiger partial charge on any atom is 0.355 e. The highest BCUT2D eigenvalue weighted by molar-refractivity contribution is 6.03. The second kappa shape index (κ2) is 7.23. The summed E-state index contributed by atoms with van der Waals surface area (Å²) >= 11 is 0. The summed E-state index contributed by atoms with van der Waals surface area (Å²) in [6.07, 6.45) is 1.19. The van der Waals surface area contributed by atoms with Crippen LogP contribution >= 0.6 is 0 Å². The monoisotopic (exact) mass is 359 g/mol. The van der Waals surface area contributed by atoms with E-state index in [4.69, 9.17) is 4.74 Å². The van der Waals surface area contributed by atoms with Crippen LogP contribution in [0, 0.1) is 6.92 Å². The van der Waals surface area contributed by atoms with Crippen molar-refractivity contribution in [2.24, 2.45) is 0 Å². The second-order valence-corrected chi connectivity index (χ2v) is 6.98. The Bertz CT molecular complexity index is 974. The van der Waals surface area contributed by atoms with Gasteiger partial charge in [-0.15, -0.1) is 0 Å². The van der Waals surface area contributed by atoms with Crippen LogP contribution in [0.4, 0.5) is 0 Å². The van der Waals surface area contributed by atoms with Crippen molar-refractivity contribution in [2.75, 3.05) is 0 Å². The Morgan fingerprint density at radius 2 is 1.70 bits per heavy atom. The average Bonchev–Trinajstić information content (AvgIpc) is 3.04. The van der Waals surface area contributed by atoms with Gasteiger partial charge < -0.3 is 9.72 Å². The number of carbonyl (C=O) groups is 2. The molecule has 0 bridgehead atoms. The number of esters is 1. The molecule has 3 aromatic rings. The maximum absolute atomic E-state index is 12.7. The predicted molar refractivity (Wildman–Crippen MR) is 103 cm³/mol. The highest BCUT2D eigenvalue weighted by Crippen LogP contribution is 2.35. The molecular formula is C23H21NO3. The second-order valence-electron chi connectivity index (χ2n) is 6.98. The van der Waals surface area contributed by atoms with Gasteiger partial charge in [0.2, 0.25) is 0 Å². The number of hydrogen-bond donors (Lipinski definition) is 1. The molecule has 1 N–H and O–H groups in total. The van der Waals surface area contributed by atoms with Gasteiger partial charge in [0.05, 0.1) is 0 Å². The average molecular weight is 359 g/mol. The fourth-order valence-electron chi connectivity index (χ4n) is 3.79. The van der Waals surface area contributed by atoms with Crippen LogP contribution in [0.15, 0.2) is 60.7 Å². The van der Waals surface area contributed by atoms with Gasteiger partial charge in [0.15, 0.2) is 5.78 Å². The largest absolute Gasteiger partial charge is 0.456 e. The lowest BCUT2D eigenvalue weighted by atomic mass is 9.81. The molecule has 1 aromatic heterocycles. The number of ketones is 1. The van der Waals surface area contributed by atoms with Gasteiger partial charge in [0, 0.05) is 17.7 Å². The van der Waals surface area contributed by atoms with E-state index < -0.39 is 5.97 Å². The summed E-state index contributed by atoms with van der Waals surface area (Å²) in [6, 6.07) is 19.6. The molecule has 1 aliphatic rings. The molecule has 0 amide bonds. The molecule has 136 valence electrons. The zero-order chi connectivity index (χ0) is 18.8. The molecule has 0 saturated carbocycles. The zero-order valence-electron chi connectivity index (χ0n) is 15.2. The molecule has 0 spiro atoms. The van der Waals surface area contributed by atoms with Crippen LogP contribution < -0.4 is 0 Å². The number of Topliss-reactive ketones (excluding diaryl/α,β-unsaturated/α-hetero) is 1. The minimum Gasteiger partial charge on any atom is -0.456 e. The summed E-state index contributed by atoms with van der Waals surface area (Å²) in [5, 5.41) is 0. The molecule has 0 radical (unpaired) electrons. The van der Waals surface area contributed by atoms with Gasteiger partial charge in [-0.3, -0.25) is 4.79 Å². The highest BCUT2D eigenvalue weighted by atomic mass is 16.5. The molecule has 0 fully saturated rings. The van der Waals surface area contributed by atoms with Crippen LogP contribution in [0.25, 0.3) is 0 Å². The maximum atomic E-state index is 12.7. The first kappa shape index (κ1) is 17.3. The minimum atomic E-state index is -0.421. The normalized spacial score (nSPS) is 16.0. The summed E-state index contributed by atoms with van der Waals surface area (Å²) in [5.74, 6) is -0.201. The Kier molecular flexibility index (Phi) is 4.63. The van der Waals surface area contributed by atoms with Crippen molar-refractivity contribution in [3.8, 4) is 0 Å². The summed E-state index contributed by atoms with van der Waals surface area (Å²) in [7, 11) is 0. The molecule has 4 nitrogen and oxygen atoms in total. The molecule has 27 heavy (non-hydrogen) atoms. The van der Waals surface area contributed by atoms with Crippen LogP contribution in [0.1, 0.15) is 55.6 Å². The van der Waals surface area contributed by atoms with E-state index in [0.29, 0.717) is 23.2 Å². The van der Waals surface area contributed by atoms with E-state index in [-0.39, 0.29) is 18.3 Å². The lowest BCUT2D eigenvalue weighted by molar-refractivity contribution is 0.0465. The molecular weight excluding hydrogens is 338 g/mol. The van der Waals surface area contributed by atoms with Gasteiger partial charge in [-0.1, -0.05) is 60.7 Å².